The number of aromatic nitrogens is 2. The zero-order valence-corrected chi connectivity index (χ0v) is 12.2. The highest BCUT2D eigenvalue weighted by molar-refractivity contribution is 5.17. The van der Waals surface area contributed by atoms with Gasteiger partial charge in [-0.3, -0.25) is 4.90 Å². The Hall–Kier alpha value is -1.72. The minimum Gasteiger partial charge on any atom is -0.330 e. The van der Waals surface area contributed by atoms with E-state index in [9.17, 15) is 4.39 Å². The number of rotatable bonds is 6. The summed E-state index contributed by atoms with van der Waals surface area (Å²) in [5.41, 5.74) is 8.24. The van der Waals surface area contributed by atoms with E-state index in [-0.39, 0.29) is 11.9 Å². The van der Waals surface area contributed by atoms with Crippen LogP contribution in [0.25, 0.3) is 0 Å². The number of hydrogen-bond acceptors (Lipinski definition) is 3. The molecule has 0 saturated heterocycles. The lowest BCUT2D eigenvalue weighted by Crippen LogP contribution is -2.31. The maximum Gasteiger partial charge on any atom is 0.123 e. The molecule has 0 amide bonds. The fourth-order valence-electron chi connectivity index (χ4n) is 2.75. The molecule has 0 spiro atoms. The quantitative estimate of drug-likeness (QED) is 0.888. The van der Waals surface area contributed by atoms with Gasteiger partial charge < -0.3 is 10.3 Å². The summed E-state index contributed by atoms with van der Waals surface area (Å²) in [6, 6.07) is 7.34. The van der Waals surface area contributed by atoms with E-state index in [0.717, 1.165) is 12.1 Å². The summed E-state index contributed by atoms with van der Waals surface area (Å²) in [4.78, 5) is 6.48. The van der Waals surface area contributed by atoms with E-state index in [2.05, 4.69) is 14.5 Å². The first-order valence-electron chi connectivity index (χ1n) is 7.35. The topological polar surface area (TPSA) is 47.1 Å². The zero-order chi connectivity index (χ0) is 14.8. The summed E-state index contributed by atoms with van der Waals surface area (Å²) in [7, 11) is 2.05. The molecule has 1 aromatic heterocycles. The normalized spacial score (nSPS) is 16.4. The monoisotopic (exact) mass is 288 g/mol. The van der Waals surface area contributed by atoms with Crippen LogP contribution in [-0.4, -0.2) is 28.0 Å². The molecule has 21 heavy (non-hydrogen) atoms. The number of halogens is 1. The van der Waals surface area contributed by atoms with Crippen LogP contribution in [0.15, 0.2) is 36.8 Å². The molecule has 2 aromatic rings. The second kappa shape index (κ2) is 5.95. The number of nitrogens with zero attached hydrogens (tertiary/aromatic N) is 3. The smallest absolute Gasteiger partial charge is 0.123 e. The van der Waals surface area contributed by atoms with Crippen molar-refractivity contribution in [1.82, 2.24) is 14.5 Å². The fraction of sp³-hybridized carbons (Fsp3) is 0.438. The first-order chi connectivity index (χ1) is 10.2. The SMILES string of the molecule is CN(Cc1ccc(F)cc1)C(CN)c1cncn1C1CC1. The van der Waals surface area contributed by atoms with Crippen molar-refractivity contribution in [3.8, 4) is 0 Å². The molecule has 3 rings (SSSR count). The predicted molar refractivity (Wildman–Crippen MR) is 80.2 cm³/mol. The maximum absolute atomic E-state index is 13.0. The molecule has 112 valence electrons. The first kappa shape index (κ1) is 14.2. The molecule has 0 aliphatic heterocycles. The van der Waals surface area contributed by atoms with Crippen LogP contribution in [-0.2, 0) is 6.54 Å². The van der Waals surface area contributed by atoms with Gasteiger partial charge in [-0.25, -0.2) is 9.37 Å². The molecule has 1 aromatic carbocycles. The van der Waals surface area contributed by atoms with E-state index in [0.29, 0.717) is 12.6 Å². The average Bonchev–Trinajstić information content (AvgIpc) is 3.22. The molecule has 1 atom stereocenters. The number of likely N-dealkylation sites (N-methyl/N-ethyl adjacent to an activating group) is 1. The molecular weight excluding hydrogens is 267 g/mol. The van der Waals surface area contributed by atoms with Crippen molar-refractivity contribution < 1.29 is 4.39 Å². The molecule has 0 bridgehead atoms. The lowest BCUT2D eigenvalue weighted by atomic mass is 10.1. The summed E-state index contributed by atoms with van der Waals surface area (Å²) in [6.45, 7) is 1.27. The average molecular weight is 288 g/mol. The Morgan fingerprint density at radius 1 is 1.38 bits per heavy atom. The fourth-order valence-corrected chi connectivity index (χ4v) is 2.75. The van der Waals surface area contributed by atoms with Crippen molar-refractivity contribution in [3.05, 3.63) is 53.9 Å². The molecule has 1 aliphatic rings. The van der Waals surface area contributed by atoms with Gasteiger partial charge in [0.2, 0.25) is 0 Å². The molecular formula is C16H21FN4. The van der Waals surface area contributed by atoms with Crippen molar-refractivity contribution in [2.45, 2.75) is 31.5 Å². The summed E-state index contributed by atoms with van der Waals surface area (Å²) in [5.74, 6) is -0.205. The van der Waals surface area contributed by atoms with Gasteiger partial charge in [-0.1, -0.05) is 12.1 Å². The Morgan fingerprint density at radius 2 is 2.10 bits per heavy atom. The minimum atomic E-state index is -0.205. The van der Waals surface area contributed by atoms with Crippen LogP contribution in [0.3, 0.4) is 0 Å². The van der Waals surface area contributed by atoms with Gasteiger partial charge in [-0.2, -0.15) is 0 Å². The second-order valence-electron chi connectivity index (χ2n) is 5.75. The Balaban J connectivity index is 1.75. The highest BCUT2D eigenvalue weighted by atomic mass is 19.1. The number of hydrogen-bond donors (Lipinski definition) is 1. The van der Waals surface area contributed by atoms with Crippen LogP contribution in [0.1, 0.15) is 36.2 Å². The third-order valence-corrected chi connectivity index (χ3v) is 4.08. The molecule has 1 unspecified atom stereocenters. The van der Waals surface area contributed by atoms with E-state index in [1.54, 1.807) is 0 Å². The van der Waals surface area contributed by atoms with Gasteiger partial charge in [0.1, 0.15) is 5.82 Å². The van der Waals surface area contributed by atoms with E-state index in [1.165, 1.54) is 30.7 Å². The second-order valence-corrected chi connectivity index (χ2v) is 5.75. The molecule has 1 saturated carbocycles. The summed E-state index contributed by atoms with van der Waals surface area (Å²) < 4.78 is 15.2. The third-order valence-electron chi connectivity index (χ3n) is 4.08. The van der Waals surface area contributed by atoms with Crippen LogP contribution in [0.2, 0.25) is 0 Å². The van der Waals surface area contributed by atoms with Crippen LogP contribution in [0, 0.1) is 5.82 Å². The summed E-state index contributed by atoms with van der Waals surface area (Å²) in [6.07, 6.45) is 6.27. The maximum atomic E-state index is 13.0. The van der Waals surface area contributed by atoms with E-state index in [1.807, 2.05) is 31.7 Å². The van der Waals surface area contributed by atoms with Crippen molar-refractivity contribution in [1.29, 1.82) is 0 Å². The zero-order valence-electron chi connectivity index (χ0n) is 12.2. The largest absolute Gasteiger partial charge is 0.330 e. The lowest BCUT2D eigenvalue weighted by Gasteiger charge is -2.28. The van der Waals surface area contributed by atoms with Crippen LogP contribution in [0.4, 0.5) is 4.39 Å². The summed E-state index contributed by atoms with van der Waals surface area (Å²) in [5, 5.41) is 0. The summed E-state index contributed by atoms with van der Waals surface area (Å²) >= 11 is 0. The highest BCUT2D eigenvalue weighted by Gasteiger charge is 2.28. The Kier molecular flexibility index (Phi) is 4.03. The van der Waals surface area contributed by atoms with Gasteiger partial charge in [0.05, 0.1) is 18.1 Å². The van der Waals surface area contributed by atoms with Crippen molar-refractivity contribution in [2.75, 3.05) is 13.6 Å². The standard InChI is InChI=1S/C16H21FN4/c1-20(10-12-2-4-13(17)5-3-12)15(8-18)16-9-19-11-21(16)14-6-7-14/h2-5,9,11,14-15H,6-8,10,18H2,1H3. The number of benzene rings is 1. The number of imidazole rings is 1. The van der Waals surface area contributed by atoms with E-state index >= 15 is 0 Å². The highest BCUT2D eigenvalue weighted by Crippen LogP contribution is 2.37. The van der Waals surface area contributed by atoms with Crippen LogP contribution in [0.5, 0.6) is 0 Å². The molecule has 2 N–H and O–H groups in total. The van der Waals surface area contributed by atoms with Gasteiger partial charge >= 0.3 is 0 Å². The molecule has 0 radical (unpaired) electrons. The van der Waals surface area contributed by atoms with E-state index in [4.69, 9.17) is 5.73 Å². The molecule has 1 heterocycles. The molecule has 5 heteroatoms. The molecule has 1 aliphatic carbocycles. The van der Waals surface area contributed by atoms with Gasteiger partial charge in [-0.05, 0) is 37.6 Å². The van der Waals surface area contributed by atoms with Gasteiger partial charge in [0, 0.05) is 25.3 Å². The number of nitrogens with two attached hydrogens (primary N) is 1. The Morgan fingerprint density at radius 3 is 2.71 bits per heavy atom. The van der Waals surface area contributed by atoms with Crippen LogP contribution >= 0.6 is 0 Å². The van der Waals surface area contributed by atoms with Crippen LogP contribution < -0.4 is 5.73 Å². The molecule has 1 fully saturated rings. The first-order valence-corrected chi connectivity index (χ1v) is 7.35. The van der Waals surface area contributed by atoms with E-state index < -0.39 is 0 Å². The predicted octanol–water partition coefficient (Wildman–Crippen LogP) is 2.49. The minimum absolute atomic E-state index is 0.123. The van der Waals surface area contributed by atoms with Gasteiger partial charge in [0.15, 0.2) is 0 Å². The van der Waals surface area contributed by atoms with Gasteiger partial charge in [0.25, 0.3) is 0 Å². The van der Waals surface area contributed by atoms with Crippen molar-refractivity contribution in [3.63, 3.8) is 0 Å². The Bertz CT molecular complexity index is 589. The molecule has 4 nitrogen and oxygen atoms in total. The lowest BCUT2D eigenvalue weighted by molar-refractivity contribution is 0.232. The van der Waals surface area contributed by atoms with Crippen molar-refractivity contribution in [2.24, 2.45) is 5.73 Å². The van der Waals surface area contributed by atoms with Gasteiger partial charge in [-0.15, -0.1) is 0 Å². The third kappa shape index (κ3) is 3.14. The van der Waals surface area contributed by atoms with Crippen molar-refractivity contribution >= 4 is 0 Å². The Labute approximate surface area is 124 Å².